The molecule has 0 saturated heterocycles. The molecule has 0 saturated carbocycles. The van der Waals surface area contributed by atoms with Crippen molar-refractivity contribution in [2.75, 3.05) is 0 Å². The molecule has 2 atom stereocenters. The highest BCUT2D eigenvalue weighted by atomic mass is 16.5. The minimum Gasteiger partial charge on any atom is -0.466 e. The maximum absolute atomic E-state index is 5.91. The van der Waals surface area contributed by atoms with Crippen LogP contribution in [0.5, 0.6) is 0 Å². The number of hydrogen-bond donors (Lipinski definition) is 0. The molecule has 0 radical (unpaired) electrons. The Bertz CT molecular complexity index is 1720. The number of pyridine rings is 4. The fourth-order valence-corrected chi connectivity index (χ4v) is 4.43. The molecule has 42 heavy (non-hydrogen) atoms. The summed E-state index contributed by atoms with van der Waals surface area (Å²) in [5, 5.41) is 17.6. The van der Waals surface area contributed by atoms with Crippen LogP contribution in [0, 0.1) is 0 Å². The van der Waals surface area contributed by atoms with Crippen LogP contribution in [0.4, 0.5) is 0 Å². The first-order chi connectivity index (χ1) is 20.8. The summed E-state index contributed by atoms with van der Waals surface area (Å²) in [5.74, 6) is 0. The van der Waals surface area contributed by atoms with Gasteiger partial charge in [0.1, 0.15) is 35.3 Å². The Morgan fingerprint density at radius 1 is 0.476 bits per heavy atom. The van der Waals surface area contributed by atoms with E-state index in [0.29, 0.717) is 22.8 Å². The van der Waals surface area contributed by atoms with Gasteiger partial charge in [-0.15, -0.1) is 20.5 Å². The molecule has 2 unspecified atom stereocenters. The highest BCUT2D eigenvalue weighted by molar-refractivity contribution is 5.71. The number of ether oxygens (including phenoxy) is 2. The molecule has 0 aliphatic carbocycles. The van der Waals surface area contributed by atoms with Gasteiger partial charge >= 0.3 is 0 Å². The molecule has 0 amide bonds. The van der Waals surface area contributed by atoms with E-state index in [9.17, 15) is 0 Å². The van der Waals surface area contributed by atoms with Crippen LogP contribution in [0.15, 0.2) is 142 Å². The van der Waals surface area contributed by atoms with Gasteiger partial charge in [-0.1, -0.05) is 42.5 Å². The van der Waals surface area contributed by atoms with Gasteiger partial charge < -0.3 is 9.47 Å². The first-order valence-electron chi connectivity index (χ1n) is 13.2. The summed E-state index contributed by atoms with van der Waals surface area (Å²) >= 11 is 0. The number of nitrogens with zero attached hydrogens (tertiary/aromatic N) is 8. The van der Waals surface area contributed by atoms with E-state index in [1.165, 1.54) is 0 Å². The quantitative estimate of drug-likeness (QED) is 0.215. The van der Waals surface area contributed by atoms with Crippen molar-refractivity contribution in [3.05, 3.63) is 144 Å². The molecule has 0 bridgehead atoms. The molecule has 0 fully saturated rings. The predicted octanol–water partition coefficient (Wildman–Crippen LogP) is 7.56. The van der Waals surface area contributed by atoms with Crippen molar-refractivity contribution in [3.63, 3.8) is 0 Å². The van der Waals surface area contributed by atoms with E-state index in [4.69, 9.17) is 9.47 Å². The average molecular weight is 551 g/mol. The molecule has 2 aliphatic rings. The third kappa shape index (κ3) is 5.28. The highest BCUT2D eigenvalue weighted by Crippen LogP contribution is 2.33. The minimum atomic E-state index is -0.648. The smallest absolute Gasteiger partial charge is 0.250 e. The predicted molar refractivity (Wildman–Crippen MR) is 155 cm³/mol. The van der Waals surface area contributed by atoms with Crippen LogP contribution < -0.4 is 0 Å². The van der Waals surface area contributed by atoms with Gasteiger partial charge in [-0.25, -0.2) is 9.97 Å². The molecule has 10 nitrogen and oxygen atoms in total. The van der Waals surface area contributed by atoms with E-state index >= 15 is 0 Å². The topological polar surface area (TPSA) is 119 Å². The monoisotopic (exact) mass is 550 g/mol. The zero-order chi connectivity index (χ0) is 28.1. The van der Waals surface area contributed by atoms with Gasteiger partial charge in [-0.3, -0.25) is 9.97 Å². The van der Waals surface area contributed by atoms with Crippen LogP contribution in [0.2, 0.25) is 0 Å². The van der Waals surface area contributed by atoms with Gasteiger partial charge in [0, 0.05) is 23.5 Å². The Kier molecular flexibility index (Phi) is 6.75. The molecule has 4 aromatic heterocycles. The summed E-state index contributed by atoms with van der Waals surface area (Å²) in [6, 6.07) is 30.4. The largest absolute Gasteiger partial charge is 0.466 e. The fraction of sp³-hybridized carbons (Fsp3) is 0.0625. The standard InChI is InChI=1S/C32H22N8O2/c1-3-16-33-23(10-1)25-12-6-14-27(35-25)31-39-37-29(19-41-31)21-8-5-9-22(18-21)30-20-42-32(40-38-30)28-15-7-13-26(36-28)24-11-2-4-17-34-24/h1-20,31-32H. The normalized spacial score (nSPS) is 17.5. The Hall–Kier alpha value is -5.90. The van der Waals surface area contributed by atoms with Crippen molar-refractivity contribution < 1.29 is 9.47 Å². The lowest BCUT2D eigenvalue weighted by atomic mass is 10.1. The second-order valence-corrected chi connectivity index (χ2v) is 9.32. The molecule has 0 spiro atoms. The molecule has 1 aromatic carbocycles. The Balaban J connectivity index is 1.04. The third-order valence-electron chi connectivity index (χ3n) is 6.51. The molecule has 2 aliphatic heterocycles. The van der Waals surface area contributed by atoms with E-state index in [2.05, 4.69) is 40.4 Å². The summed E-state index contributed by atoms with van der Waals surface area (Å²) < 4.78 is 11.8. The molecule has 5 aromatic rings. The SMILES string of the molecule is C1=C(c2cccc(C3=COC(c4cccc(-c5ccccn5)n4)N=N3)c2)N=NC(c2cccc(-c3ccccn3)n2)O1. The van der Waals surface area contributed by atoms with Crippen LogP contribution in [-0.2, 0) is 9.47 Å². The number of azo groups is 2. The van der Waals surface area contributed by atoms with Crippen molar-refractivity contribution in [2.45, 2.75) is 12.5 Å². The molecule has 0 N–H and O–H groups in total. The molecule has 7 rings (SSSR count). The summed E-state index contributed by atoms with van der Waals surface area (Å²) in [7, 11) is 0. The van der Waals surface area contributed by atoms with E-state index in [-0.39, 0.29) is 0 Å². The van der Waals surface area contributed by atoms with Crippen molar-refractivity contribution in [2.24, 2.45) is 20.5 Å². The molecular weight excluding hydrogens is 528 g/mol. The lowest BCUT2D eigenvalue weighted by molar-refractivity contribution is 0.137. The summed E-state index contributed by atoms with van der Waals surface area (Å²) in [6.45, 7) is 0. The number of hydrogen-bond acceptors (Lipinski definition) is 10. The van der Waals surface area contributed by atoms with Gasteiger partial charge in [0.2, 0.25) is 0 Å². The van der Waals surface area contributed by atoms with Gasteiger partial charge in [-0.2, -0.15) is 0 Å². The summed E-state index contributed by atoms with van der Waals surface area (Å²) in [4.78, 5) is 18.1. The first-order valence-corrected chi connectivity index (χ1v) is 13.2. The number of aromatic nitrogens is 4. The van der Waals surface area contributed by atoms with Gasteiger partial charge in [0.05, 0.1) is 22.8 Å². The Labute approximate surface area is 240 Å². The lowest BCUT2D eigenvalue weighted by Crippen LogP contribution is -2.05. The second-order valence-electron chi connectivity index (χ2n) is 9.32. The fourth-order valence-electron chi connectivity index (χ4n) is 4.43. The Morgan fingerprint density at radius 3 is 1.38 bits per heavy atom. The molecule has 6 heterocycles. The lowest BCUT2D eigenvalue weighted by Gasteiger charge is -2.17. The summed E-state index contributed by atoms with van der Waals surface area (Å²) in [6.07, 6.45) is 5.36. The first kappa shape index (κ1) is 25.1. The highest BCUT2D eigenvalue weighted by Gasteiger charge is 2.21. The third-order valence-corrected chi connectivity index (χ3v) is 6.51. The van der Waals surface area contributed by atoms with E-state index in [1.54, 1.807) is 24.9 Å². The van der Waals surface area contributed by atoms with Crippen LogP contribution in [0.25, 0.3) is 34.2 Å². The summed E-state index contributed by atoms with van der Waals surface area (Å²) in [5.41, 5.74) is 7.11. The van der Waals surface area contributed by atoms with Crippen LogP contribution >= 0.6 is 0 Å². The molecule has 10 heteroatoms. The van der Waals surface area contributed by atoms with Crippen molar-refractivity contribution in [1.82, 2.24) is 19.9 Å². The van der Waals surface area contributed by atoms with E-state index in [1.807, 2.05) is 97.1 Å². The van der Waals surface area contributed by atoms with Gasteiger partial charge in [-0.05, 0) is 54.6 Å². The van der Waals surface area contributed by atoms with Crippen molar-refractivity contribution in [3.8, 4) is 22.8 Å². The maximum atomic E-state index is 5.91. The van der Waals surface area contributed by atoms with E-state index in [0.717, 1.165) is 33.9 Å². The van der Waals surface area contributed by atoms with E-state index < -0.39 is 12.5 Å². The van der Waals surface area contributed by atoms with Crippen molar-refractivity contribution >= 4 is 11.4 Å². The molecular formula is C32H22N8O2. The van der Waals surface area contributed by atoms with Crippen LogP contribution in [-0.4, -0.2) is 19.9 Å². The second kappa shape index (κ2) is 11.3. The average Bonchev–Trinajstić information content (AvgIpc) is 3.09. The molecule has 202 valence electrons. The zero-order valence-corrected chi connectivity index (χ0v) is 22.1. The maximum Gasteiger partial charge on any atom is 0.250 e. The zero-order valence-electron chi connectivity index (χ0n) is 22.1. The van der Waals surface area contributed by atoms with Gasteiger partial charge in [0.15, 0.2) is 0 Å². The Morgan fingerprint density at radius 2 is 0.952 bits per heavy atom. The number of benzene rings is 1. The van der Waals surface area contributed by atoms with Crippen LogP contribution in [0.1, 0.15) is 35.0 Å². The van der Waals surface area contributed by atoms with Crippen molar-refractivity contribution in [1.29, 1.82) is 0 Å². The van der Waals surface area contributed by atoms with Crippen LogP contribution in [0.3, 0.4) is 0 Å². The number of rotatable bonds is 6. The van der Waals surface area contributed by atoms with Gasteiger partial charge in [0.25, 0.3) is 12.5 Å². The minimum absolute atomic E-state index is 0.580.